The van der Waals surface area contributed by atoms with Crippen LogP contribution in [0.4, 0.5) is 5.69 Å². The van der Waals surface area contributed by atoms with Crippen molar-refractivity contribution in [3.05, 3.63) is 83.9 Å². The summed E-state index contributed by atoms with van der Waals surface area (Å²) in [5, 5.41) is 0. The zero-order valence-corrected chi connectivity index (χ0v) is 16.6. The van der Waals surface area contributed by atoms with E-state index in [1.165, 1.54) is 0 Å². The molecule has 1 atom stereocenters. The number of hydrogen-bond donors (Lipinski definition) is 0. The Balaban J connectivity index is 1.55. The molecule has 0 bridgehead atoms. The Morgan fingerprint density at radius 2 is 1.55 bits per heavy atom. The maximum atomic E-state index is 12.9. The summed E-state index contributed by atoms with van der Waals surface area (Å²) < 4.78 is 5.76. The van der Waals surface area contributed by atoms with E-state index in [1.807, 2.05) is 80.6 Å². The summed E-state index contributed by atoms with van der Waals surface area (Å²) in [6, 6.07) is 23.2. The van der Waals surface area contributed by atoms with E-state index >= 15 is 0 Å². The molecule has 4 rings (SSSR count). The predicted octanol–water partition coefficient (Wildman–Crippen LogP) is 4.93. The van der Waals surface area contributed by atoms with E-state index in [1.54, 1.807) is 11.0 Å². The zero-order chi connectivity index (χ0) is 20.4. The molecule has 4 heteroatoms. The van der Waals surface area contributed by atoms with E-state index in [2.05, 4.69) is 0 Å². The molecule has 1 aliphatic heterocycles. The van der Waals surface area contributed by atoms with Gasteiger partial charge < -0.3 is 9.64 Å². The van der Waals surface area contributed by atoms with E-state index in [0.717, 1.165) is 27.9 Å². The Kier molecular flexibility index (Phi) is 5.17. The highest BCUT2D eigenvalue weighted by atomic mass is 16.5. The fourth-order valence-electron chi connectivity index (χ4n) is 3.92. The maximum absolute atomic E-state index is 12.9. The van der Waals surface area contributed by atoms with Crippen LogP contribution in [0.3, 0.4) is 0 Å². The van der Waals surface area contributed by atoms with Crippen LogP contribution < -0.4 is 9.64 Å². The van der Waals surface area contributed by atoms with Gasteiger partial charge in [0.15, 0.2) is 0 Å². The van der Waals surface area contributed by atoms with Crippen LogP contribution >= 0.6 is 0 Å². The van der Waals surface area contributed by atoms with Crippen LogP contribution in [0.2, 0.25) is 0 Å². The largest absolute Gasteiger partial charge is 0.426 e. The highest BCUT2D eigenvalue weighted by Gasteiger charge is 2.37. The first-order valence-corrected chi connectivity index (χ1v) is 9.77. The molecule has 1 aliphatic rings. The molecule has 0 radical (unpaired) electrons. The van der Waals surface area contributed by atoms with Gasteiger partial charge in [-0.05, 0) is 36.6 Å². The summed E-state index contributed by atoms with van der Waals surface area (Å²) in [4.78, 5) is 27.3. The van der Waals surface area contributed by atoms with Crippen LogP contribution in [0.5, 0.6) is 5.75 Å². The summed E-state index contributed by atoms with van der Waals surface area (Å²) in [6.07, 6.45) is 0.167. The van der Waals surface area contributed by atoms with Gasteiger partial charge in [-0.15, -0.1) is 0 Å². The lowest BCUT2D eigenvalue weighted by Crippen LogP contribution is -2.28. The lowest BCUT2D eigenvalue weighted by molar-refractivity contribution is -0.139. The minimum atomic E-state index is -0.481. The third-order valence-electron chi connectivity index (χ3n) is 5.35. The second-order valence-corrected chi connectivity index (χ2v) is 7.43. The van der Waals surface area contributed by atoms with Crippen LogP contribution in [0.25, 0.3) is 11.1 Å². The minimum absolute atomic E-state index is 0.0410. The van der Waals surface area contributed by atoms with E-state index < -0.39 is 5.92 Å². The molecule has 3 aromatic carbocycles. The molecule has 29 heavy (non-hydrogen) atoms. The van der Waals surface area contributed by atoms with Crippen molar-refractivity contribution in [1.29, 1.82) is 0 Å². The molecular formula is C25H23NO3. The zero-order valence-electron chi connectivity index (χ0n) is 16.6. The predicted molar refractivity (Wildman–Crippen MR) is 114 cm³/mol. The molecule has 0 unspecified atom stereocenters. The van der Waals surface area contributed by atoms with E-state index in [9.17, 15) is 9.59 Å². The van der Waals surface area contributed by atoms with Crippen LogP contribution in [-0.2, 0) is 9.59 Å². The van der Waals surface area contributed by atoms with Crippen molar-refractivity contribution >= 4 is 17.6 Å². The first-order valence-electron chi connectivity index (χ1n) is 9.77. The van der Waals surface area contributed by atoms with Crippen molar-refractivity contribution in [3.8, 4) is 16.9 Å². The molecule has 1 amide bonds. The first-order chi connectivity index (χ1) is 14.0. The van der Waals surface area contributed by atoms with Gasteiger partial charge in [0.1, 0.15) is 5.75 Å². The average molecular weight is 385 g/mol. The smallest absolute Gasteiger partial charge is 0.316 e. The lowest BCUT2D eigenvalue weighted by atomic mass is 10.0. The molecule has 0 N–H and O–H groups in total. The van der Waals surface area contributed by atoms with Crippen molar-refractivity contribution in [3.63, 3.8) is 0 Å². The topological polar surface area (TPSA) is 46.6 Å². The first kappa shape index (κ1) is 18.9. The minimum Gasteiger partial charge on any atom is -0.426 e. The van der Waals surface area contributed by atoms with Gasteiger partial charge in [-0.3, -0.25) is 9.59 Å². The Hall–Kier alpha value is -3.40. The number of carbonyl (C=O) groups excluding carboxylic acids is 2. The quantitative estimate of drug-likeness (QED) is 0.473. The molecule has 0 spiro atoms. The number of rotatable bonds is 4. The van der Waals surface area contributed by atoms with Gasteiger partial charge in [0, 0.05) is 24.2 Å². The number of ether oxygens (including phenoxy) is 1. The molecule has 0 saturated carbocycles. The van der Waals surface area contributed by atoms with E-state index in [-0.39, 0.29) is 18.3 Å². The molecule has 3 aromatic rings. The Morgan fingerprint density at radius 3 is 2.28 bits per heavy atom. The lowest BCUT2D eigenvalue weighted by Gasteiger charge is -2.21. The highest BCUT2D eigenvalue weighted by molar-refractivity contribution is 6.01. The summed E-state index contributed by atoms with van der Waals surface area (Å²) in [5.41, 5.74) is 4.80. The Morgan fingerprint density at radius 1 is 0.897 bits per heavy atom. The van der Waals surface area contributed by atoms with Crippen molar-refractivity contribution in [2.45, 2.75) is 20.3 Å². The molecule has 1 fully saturated rings. The van der Waals surface area contributed by atoms with Crippen molar-refractivity contribution in [2.24, 2.45) is 5.92 Å². The third-order valence-corrected chi connectivity index (χ3v) is 5.35. The molecule has 4 nitrogen and oxygen atoms in total. The number of hydrogen-bond acceptors (Lipinski definition) is 3. The Bertz CT molecular complexity index is 1040. The SMILES string of the molecule is Cc1cccc(C)c1N1C[C@H](C(=O)Oc2ccccc2-c2ccccc2)CC1=O. The van der Waals surface area contributed by atoms with Crippen LogP contribution in [0, 0.1) is 19.8 Å². The summed E-state index contributed by atoms with van der Waals surface area (Å²) in [7, 11) is 0. The van der Waals surface area contributed by atoms with Gasteiger partial charge in [0.05, 0.1) is 5.92 Å². The number of amides is 1. The number of anilines is 1. The summed E-state index contributed by atoms with van der Waals surface area (Å²) in [5.74, 6) is -0.372. The van der Waals surface area contributed by atoms with Gasteiger partial charge in [0.2, 0.25) is 5.91 Å². The number of para-hydroxylation sites is 2. The van der Waals surface area contributed by atoms with Gasteiger partial charge >= 0.3 is 5.97 Å². The van der Waals surface area contributed by atoms with Crippen LogP contribution in [0.1, 0.15) is 17.5 Å². The number of esters is 1. The molecule has 0 aliphatic carbocycles. The number of aryl methyl sites for hydroxylation is 2. The molecule has 0 aromatic heterocycles. The Labute approximate surface area is 170 Å². The second kappa shape index (κ2) is 7.92. The molecule has 146 valence electrons. The number of carbonyl (C=O) groups is 2. The van der Waals surface area contributed by atoms with Crippen molar-refractivity contribution < 1.29 is 14.3 Å². The number of benzene rings is 3. The molecule has 1 saturated heterocycles. The van der Waals surface area contributed by atoms with Crippen molar-refractivity contribution in [1.82, 2.24) is 0 Å². The van der Waals surface area contributed by atoms with Gasteiger partial charge in [-0.2, -0.15) is 0 Å². The normalized spacial score (nSPS) is 16.1. The van der Waals surface area contributed by atoms with Crippen molar-refractivity contribution in [2.75, 3.05) is 11.4 Å². The van der Waals surface area contributed by atoms with E-state index in [0.29, 0.717) is 12.3 Å². The second-order valence-electron chi connectivity index (χ2n) is 7.43. The highest BCUT2D eigenvalue weighted by Crippen LogP contribution is 2.33. The fourth-order valence-corrected chi connectivity index (χ4v) is 3.92. The fraction of sp³-hybridized carbons (Fsp3) is 0.200. The summed E-state index contributed by atoms with van der Waals surface area (Å²) in [6.45, 7) is 4.31. The standard InChI is InChI=1S/C25H23NO3/c1-17-9-8-10-18(2)24(17)26-16-20(15-23(26)27)25(28)29-22-14-7-6-13-21(22)19-11-4-3-5-12-19/h3-14,20H,15-16H2,1-2H3/t20-/m1/s1. The van der Waals surface area contributed by atoms with Gasteiger partial charge in [0.25, 0.3) is 0 Å². The van der Waals surface area contributed by atoms with E-state index in [4.69, 9.17) is 4.74 Å². The van der Waals surface area contributed by atoms with Crippen LogP contribution in [-0.4, -0.2) is 18.4 Å². The molecule has 1 heterocycles. The monoisotopic (exact) mass is 385 g/mol. The van der Waals surface area contributed by atoms with Gasteiger partial charge in [-0.1, -0.05) is 66.7 Å². The molecular weight excluding hydrogens is 362 g/mol. The maximum Gasteiger partial charge on any atom is 0.316 e. The average Bonchev–Trinajstić information content (AvgIpc) is 3.10. The van der Waals surface area contributed by atoms with Crippen LogP contribution in [0.15, 0.2) is 72.8 Å². The third kappa shape index (κ3) is 3.79. The number of nitrogens with zero attached hydrogens (tertiary/aromatic N) is 1. The van der Waals surface area contributed by atoms with Gasteiger partial charge in [-0.25, -0.2) is 0 Å². The summed E-state index contributed by atoms with van der Waals surface area (Å²) >= 11 is 0.